The maximum atomic E-state index is 6.37. The average Bonchev–Trinajstić information content (AvgIpc) is 3.48. The van der Waals surface area contributed by atoms with Crippen molar-refractivity contribution < 1.29 is 13.8 Å². The van der Waals surface area contributed by atoms with Gasteiger partial charge in [-0.05, 0) is 57.0 Å². The minimum Gasteiger partial charge on any atom is -0.439 e. The number of pyridine rings is 1. The van der Waals surface area contributed by atoms with Crippen molar-refractivity contribution in [3.8, 4) is 5.75 Å². The molecule has 4 nitrogen and oxygen atoms in total. The third-order valence-corrected chi connectivity index (χ3v) is 10.9. The quantitative estimate of drug-likeness (QED) is 0.0543. The number of hydrogen-bond donors (Lipinski definition) is 0. The molecule has 0 bridgehead atoms. The lowest BCUT2D eigenvalue weighted by molar-refractivity contribution is -0.923. The van der Waals surface area contributed by atoms with Gasteiger partial charge in [-0.1, -0.05) is 120 Å². The molecule has 2 aromatic carbocycles. The largest absolute Gasteiger partial charge is 0.439 e. The fourth-order valence-electron chi connectivity index (χ4n) is 7.48. The van der Waals surface area contributed by atoms with Gasteiger partial charge in [0.05, 0.1) is 37.3 Å². The molecule has 0 spiro atoms. The van der Waals surface area contributed by atoms with Crippen molar-refractivity contribution in [1.29, 1.82) is 0 Å². The maximum absolute atomic E-state index is 6.37. The molecular weight excluding hydrogens is 587 g/mol. The van der Waals surface area contributed by atoms with Crippen molar-refractivity contribution in [2.24, 2.45) is 0 Å². The van der Waals surface area contributed by atoms with Crippen LogP contribution in [0.25, 0.3) is 17.0 Å². The van der Waals surface area contributed by atoms with E-state index in [4.69, 9.17) is 4.74 Å². The average molecular weight is 654 g/mol. The molecule has 0 unspecified atom stereocenters. The van der Waals surface area contributed by atoms with Crippen LogP contribution in [0.15, 0.2) is 78.8 Å². The zero-order valence-electron chi connectivity index (χ0n) is 31.1. The molecule has 0 saturated heterocycles. The number of fused-ring (bicyclic) bond motifs is 2. The summed E-state index contributed by atoms with van der Waals surface area (Å²) in [5.41, 5.74) is 3.74. The van der Waals surface area contributed by atoms with Gasteiger partial charge in [0, 0.05) is 31.5 Å². The Morgan fingerprint density at radius 3 is 1.94 bits per heavy atom. The van der Waals surface area contributed by atoms with E-state index in [1.807, 2.05) is 0 Å². The minimum atomic E-state index is 0.920. The van der Waals surface area contributed by atoms with Gasteiger partial charge >= 0.3 is 0 Å². The Morgan fingerprint density at radius 2 is 1.27 bits per heavy atom. The molecule has 0 atom stereocenters. The van der Waals surface area contributed by atoms with Crippen molar-refractivity contribution in [2.75, 3.05) is 37.6 Å². The Bertz CT molecular complexity index is 1400. The van der Waals surface area contributed by atoms with Crippen molar-refractivity contribution in [1.82, 2.24) is 0 Å². The van der Waals surface area contributed by atoms with E-state index in [0.717, 1.165) is 31.1 Å². The number of nitrogens with zero attached hydrogens (tertiary/aromatic N) is 3. The number of quaternary nitrogens is 1. The van der Waals surface area contributed by atoms with E-state index < -0.39 is 0 Å². The van der Waals surface area contributed by atoms with Crippen LogP contribution in [-0.4, -0.2) is 37.2 Å². The van der Waals surface area contributed by atoms with Crippen LogP contribution in [0, 0.1) is 0 Å². The standard InChI is InChI=1S/C44H67N3O/c1-5-9-10-11-12-13-14-15-16-17-18-19-20-25-35-45-37-34-39(40-29-21-22-30-41(40)45)28-26-33-44-46(42-31-23-24-32-43(42)48-44)36-27-38-47(6-2,7-3)8-4/h21-24,26,28-34,37H,5-20,25,27,35-36,38H2,1-4H3/q+2. The van der Waals surface area contributed by atoms with Gasteiger partial charge in [0.1, 0.15) is 6.54 Å². The van der Waals surface area contributed by atoms with Gasteiger partial charge < -0.3 is 14.1 Å². The van der Waals surface area contributed by atoms with Crippen molar-refractivity contribution in [3.05, 3.63) is 84.4 Å². The SMILES string of the molecule is CCCCCCCCCCCCCCCC[n+]1ccc(C=CC=C2Oc3ccccc3N2CCC[N+](CC)(CC)CC)c2ccccc21. The van der Waals surface area contributed by atoms with E-state index in [9.17, 15) is 0 Å². The molecular formula is C44H67N3O+2. The van der Waals surface area contributed by atoms with E-state index in [1.165, 1.54) is 143 Å². The predicted molar refractivity (Wildman–Crippen MR) is 207 cm³/mol. The first-order chi connectivity index (χ1) is 23.6. The highest BCUT2D eigenvalue weighted by Gasteiger charge is 2.27. The van der Waals surface area contributed by atoms with Crippen molar-refractivity contribution in [3.63, 3.8) is 0 Å². The van der Waals surface area contributed by atoms with Gasteiger partial charge in [-0.3, -0.25) is 0 Å². The van der Waals surface area contributed by atoms with E-state index in [1.54, 1.807) is 0 Å². The van der Waals surface area contributed by atoms with E-state index in [2.05, 4.69) is 116 Å². The second-order valence-corrected chi connectivity index (χ2v) is 14.0. The Morgan fingerprint density at radius 1 is 0.667 bits per heavy atom. The van der Waals surface area contributed by atoms with Gasteiger partial charge in [0.15, 0.2) is 11.9 Å². The van der Waals surface area contributed by atoms with Crippen LogP contribution in [0.1, 0.15) is 130 Å². The molecule has 0 N–H and O–H groups in total. The Hall–Kier alpha value is -3.11. The Balaban J connectivity index is 1.27. The van der Waals surface area contributed by atoms with Gasteiger partial charge in [0.25, 0.3) is 0 Å². The van der Waals surface area contributed by atoms with Crippen LogP contribution >= 0.6 is 0 Å². The summed E-state index contributed by atoms with van der Waals surface area (Å²) >= 11 is 0. The van der Waals surface area contributed by atoms with Crippen LogP contribution in [-0.2, 0) is 6.54 Å². The number of allylic oxidation sites excluding steroid dienone is 2. The number of rotatable bonds is 24. The highest BCUT2D eigenvalue weighted by molar-refractivity contribution is 5.85. The molecule has 0 fully saturated rings. The third kappa shape index (κ3) is 11.2. The number of unbranched alkanes of at least 4 members (excludes halogenated alkanes) is 13. The molecule has 1 aliphatic rings. The minimum absolute atomic E-state index is 0.920. The molecule has 2 heterocycles. The molecule has 262 valence electrons. The summed E-state index contributed by atoms with van der Waals surface area (Å²) < 4.78 is 9.99. The first kappa shape index (κ1) is 37.7. The molecule has 0 radical (unpaired) electrons. The number of para-hydroxylation sites is 3. The van der Waals surface area contributed by atoms with Gasteiger partial charge in [-0.15, -0.1) is 0 Å². The lowest BCUT2D eigenvalue weighted by Gasteiger charge is -2.36. The first-order valence-corrected chi connectivity index (χ1v) is 19.8. The highest BCUT2D eigenvalue weighted by atomic mass is 16.5. The predicted octanol–water partition coefficient (Wildman–Crippen LogP) is 11.6. The molecule has 4 rings (SSSR count). The van der Waals surface area contributed by atoms with Gasteiger partial charge in [-0.2, -0.15) is 4.57 Å². The van der Waals surface area contributed by atoms with Gasteiger partial charge in [0.2, 0.25) is 11.4 Å². The smallest absolute Gasteiger partial charge is 0.213 e. The summed E-state index contributed by atoms with van der Waals surface area (Å²) in [5, 5.41) is 1.31. The number of hydrogen-bond acceptors (Lipinski definition) is 2. The molecule has 0 saturated carbocycles. The summed E-state index contributed by atoms with van der Waals surface area (Å²) in [6.07, 6.45) is 29.5. The summed E-state index contributed by atoms with van der Waals surface area (Å²) in [6.45, 7) is 16.1. The van der Waals surface area contributed by atoms with Crippen LogP contribution < -0.4 is 14.2 Å². The molecule has 1 aromatic heterocycles. The second-order valence-electron chi connectivity index (χ2n) is 14.0. The third-order valence-electron chi connectivity index (χ3n) is 10.9. The van der Waals surface area contributed by atoms with Crippen molar-refractivity contribution in [2.45, 2.75) is 131 Å². The summed E-state index contributed by atoms with van der Waals surface area (Å²) in [6, 6.07) is 19.6. The van der Waals surface area contributed by atoms with Gasteiger partial charge in [-0.25, -0.2) is 0 Å². The molecule has 48 heavy (non-hydrogen) atoms. The topological polar surface area (TPSA) is 16.4 Å². The summed E-state index contributed by atoms with van der Waals surface area (Å²) in [4.78, 5) is 2.36. The fraction of sp³-hybridized carbons (Fsp3) is 0.568. The zero-order chi connectivity index (χ0) is 33.9. The zero-order valence-corrected chi connectivity index (χ0v) is 31.1. The summed E-state index contributed by atoms with van der Waals surface area (Å²) in [7, 11) is 0. The molecule has 4 heteroatoms. The monoisotopic (exact) mass is 654 g/mol. The number of aryl methyl sites for hydroxylation is 1. The molecule has 3 aromatic rings. The molecule has 1 aliphatic heterocycles. The van der Waals surface area contributed by atoms with Crippen LogP contribution in [0.2, 0.25) is 0 Å². The highest BCUT2D eigenvalue weighted by Crippen LogP contribution is 2.38. The lowest BCUT2D eigenvalue weighted by atomic mass is 10.0. The van der Waals surface area contributed by atoms with Crippen LogP contribution in [0.3, 0.4) is 0 Å². The summed E-state index contributed by atoms with van der Waals surface area (Å²) in [5.74, 6) is 1.87. The number of anilines is 1. The normalized spacial score (nSPS) is 14.0. The number of benzene rings is 2. The fourth-order valence-corrected chi connectivity index (χ4v) is 7.48. The first-order valence-electron chi connectivity index (χ1n) is 19.8. The van der Waals surface area contributed by atoms with Crippen molar-refractivity contribution >= 4 is 22.7 Å². The molecule has 0 aliphatic carbocycles. The van der Waals surface area contributed by atoms with E-state index in [-0.39, 0.29) is 0 Å². The maximum Gasteiger partial charge on any atom is 0.213 e. The Labute approximate surface area is 294 Å². The number of ether oxygens (including phenoxy) is 1. The molecule has 0 amide bonds. The van der Waals surface area contributed by atoms with E-state index in [0.29, 0.717) is 0 Å². The van der Waals surface area contributed by atoms with E-state index >= 15 is 0 Å². The van der Waals surface area contributed by atoms with Crippen LogP contribution in [0.5, 0.6) is 5.75 Å². The Kier molecular flexibility index (Phi) is 16.6. The van der Waals surface area contributed by atoms with Crippen LogP contribution in [0.4, 0.5) is 5.69 Å². The number of aromatic nitrogens is 1. The second kappa shape index (κ2) is 21.1. The lowest BCUT2D eigenvalue weighted by Crippen LogP contribution is -2.48.